The van der Waals surface area contributed by atoms with E-state index in [9.17, 15) is 9.90 Å². The summed E-state index contributed by atoms with van der Waals surface area (Å²) in [4.78, 5) is 17.1. The second-order valence-corrected chi connectivity index (χ2v) is 8.70. The first kappa shape index (κ1) is 19.0. The lowest BCUT2D eigenvalue weighted by atomic mass is 9.89. The molecule has 2 N–H and O–H groups in total. The van der Waals surface area contributed by atoms with Crippen molar-refractivity contribution < 1.29 is 9.90 Å². The van der Waals surface area contributed by atoms with Gasteiger partial charge in [0.15, 0.2) is 0 Å². The summed E-state index contributed by atoms with van der Waals surface area (Å²) in [6.45, 7) is 3.33. The van der Waals surface area contributed by atoms with Crippen LogP contribution in [-0.4, -0.2) is 58.8 Å². The molecule has 2 amide bonds. The number of nitrogens with one attached hydrogen (secondary N) is 1. The van der Waals surface area contributed by atoms with Gasteiger partial charge in [0.2, 0.25) is 0 Å². The maximum Gasteiger partial charge on any atom is 0.317 e. The first-order valence-corrected chi connectivity index (χ1v) is 10.7. The van der Waals surface area contributed by atoms with Gasteiger partial charge in [-0.2, -0.15) is 0 Å². The average molecular weight is 392 g/mol. The number of fused-ring (bicyclic) bond motifs is 1. The topological polar surface area (TPSA) is 55.8 Å². The van der Waals surface area contributed by atoms with Gasteiger partial charge < -0.3 is 15.3 Å². The molecule has 2 atom stereocenters. The molecule has 0 radical (unpaired) electrons. The molecule has 6 heteroatoms. The van der Waals surface area contributed by atoms with Crippen LogP contribution in [0.2, 0.25) is 5.02 Å². The lowest BCUT2D eigenvalue weighted by Gasteiger charge is -2.42. The number of benzene rings is 1. The van der Waals surface area contributed by atoms with Gasteiger partial charge in [-0.25, -0.2) is 4.79 Å². The Morgan fingerprint density at radius 1 is 1.07 bits per heavy atom. The van der Waals surface area contributed by atoms with Crippen molar-refractivity contribution in [1.82, 2.24) is 15.1 Å². The number of aliphatic hydroxyl groups is 1. The maximum absolute atomic E-state index is 12.7. The molecule has 2 heterocycles. The number of rotatable bonds is 2. The van der Waals surface area contributed by atoms with Crippen molar-refractivity contribution >= 4 is 17.6 Å². The Kier molecular flexibility index (Phi) is 5.90. The minimum atomic E-state index is -0.174. The number of nitrogens with zero attached hydrogens (tertiary/aromatic N) is 2. The summed E-state index contributed by atoms with van der Waals surface area (Å²) in [6.07, 6.45) is 7.03. The minimum Gasteiger partial charge on any atom is -0.391 e. The number of urea groups is 1. The van der Waals surface area contributed by atoms with Crippen LogP contribution in [0.4, 0.5) is 4.79 Å². The zero-order valence-electron chi connectivity index (χ0n) is 15.9. The van der Waals surface area contributed by atoms with E-state index in [-0.39, 0.29) is 18.2 Å². The smallest absolute Gasteiger partial charge is 0.317 e. The van der Waals surface area contributed by atoms with Gasteiger partial charge in [0.1, 0.15) is 0 Å². The van der Waals surface area contributed by atoms with E-state index < -0.39 is 0 Å². The van der Waals surface area contributed by atoms with E-state index in [0.717, 1.165) is 63.2 Å². The molecule has 5 nitrogen and oxygen atoms in total. The molecule has 1 saturated heterocycles. The van der Waals surface area contributed by atoms with Crippen molar-refractivity contribution in [2.75, 3.05) is 19.6 Å². The van der Waals surface area contributed by atoms with Crippen LogP contribution in [0.5, 0.6) is 0 Å². The summed E-state index contributed by atoms with van der Waals surface area (Å²) >= 11 is 6.07. The third-order valence-electron chi connectivity index (χ3n) is 6.49. The van der Waals surface area contributed by atoms with E-state index >= 15 is 0 Å². The number of hydrogen-bond acceptors (Lipinski definition) is 3. The van der Waals surface area contributed by atoms with Gasteiger partial charge >= 0.3 is 6.03 Å². The molecule has 1 aromatic rings. The number of halogens is 1. The van der Waals surface area contributed by atoms with E-state index in [1.54, 1.807) is 0 Å². The van der Waals surface area contributed by atoms with Crippen LogP contribution in [0.15, 0.2) is 18.2 Å². The predicted molar refractivity (Wildman–Crippen MR) is 107 cm³/mol. The first-order valence-electron chi connectivity index (χ1n) is 10.3. The Morgan fingerprint density at radius 2 is 1.85 bits per heavy atom. The van der Waals surface area contributed by atoms with Gasteiger partial charge in [0.05, 0.1) is 6.10 Å². The molecule has 4 rings (SSSR count). The normalized spacial score (nSPS) is 27.3. The summed E-state index contributed by atoms with van der Waals surface area (Å²) < 4.78 is 0. The first-order chi connectivity index (χ1) is 13.1. The van der Waals surface area contributed by atoms with E-state index in [1.165, 1.54) is 17.5 Å². The Bertz CT molecular complexity index is 675. The highest BCUT2D eigenvalue weighted by atomic mass is 35.5. The quantitative estimate of drug-likeness (QED) is 0.814. The highest BCUT2D eigenvalue weighted by Crippen LogP contribution is 2.26. The van der Waals surface area contributed by atoms with E-state index in [1.807, 2.05) is 23.1 Å². The zero-order valence-corrected chi connectivity index (χ0v) is 16.6. The monoisotopic (exact) mass is 391 g/mol. The third-order valence-corrected chi connectivity index (χ3v) is 6.72. The molecule has 148 valence electrons. The van der Waals surface area contributed by atoms with E-state index in [4.69, 9.17) is 11.6 Å². The van der Waals surface area contributed by atoms with Gasteiger partial charge in [-0.3, -0.25) is 4.90 Å². The van der Waals surface area contributed by atoms with Crippen molar-refractivity contribution in [3.8, 4) is 0 Å². The number of carbonyl (C=O) groups excluding carboxylic acids is 1. The number of amides is 2. The number of hydrogen-bond donors (Lipinski definition) is 2. The Morgan fingerprint density at radius 3 is 2.63 bits per heavy atom. The van der Waals surface area contributed by atoms with Crippen molar-refractivity contribution in [3.63, 3.8) is 0 Å². The average Bonchev–Trinajstić information content (AvgIpc) is 2.68. The van der Waals surface area contributed by atoms with Crippen molar-refractivity contribution in [1.29, 1.82) is 0 Å². The molecule has 2 fully saturated rings. The van der Waals surface area contributed by atoms with Crippen LogP contribution in [0.1, 0.15) is 49.7 Å². The molecule has 2 unspecified atom stereocenters. The second kappa shape index (κ2) is 8.38. The number of carbonyl (C=O) groups is 1. The molecule has 3 aliphatic rings. The summed E-state index contributed by atoms with van der Waals surface area (Å²) in [5.41, 5.74) is 2.45. The number of aliphatic hydroxyl groups excluding tert-OH is 1. The Labute approximate surface area is 166 Å². The maximum atomic E-state index is 12.7. The van der Waals surface area contributed by atoms with Crippen molar-refractivity contribution in [2.24, 2.45) is 0 Å². The Balaban J connectivity index is 1.27. The van der Waals surface area contributed by atoms with Gasteiger partial charge in [-0.05, 0) is 55.4 Å². The molecule has 1 aromatic carbocycles. The molecule has 27 heavy (non-hydrogen) atoms. The van der Waals surface area contributed by atoms with E-state index in [0.29, 0.717) is 12.6 Å². The standard InChI is InChI=1S/C21H30ClN3O2/c22-17-6-5-16-14-25(10-7-15(16)13-17)21(27)23-18-8-11-24(12-9-18)19-3-1-2-4-20(19)26/h5-6,13,18-20,26H,1-4,7-12,14H2,(H,23,27). The second-order valence-electron chi connectivity index (χ2n) is 8.26. The van der Waals surface area contributed by atoms with Crippen molar-refractivity contribution in [2.45, 2.75) is 69.7 Å². The van der Waals surface area contributed by atoms with Crippen LogP contribution < -0.4 is 5.32 Å². The van der Waals surface area contributed by atoms with Crippen LogP contribution in [0, 0.1) is 0 Å². The number of piperidine rings is 1. The summed E-state index contributed by atoms with van der Waals surface area (Å²) in [6, 6.07) is 6.55. The van der Waals surface area contributed by atoms with Gasteiger partial charge in [-0.15, -0.1) is 0 Å². The lowest BCUT2D eigenvalue weighted by molar-refractivity contribution is 0.00749. The zero-order chi connectivity index (χ0) is 18.8. The van der Waals surface area contributed by atoms with Crippen LogP contribution in [-0.2, 0) is 13.0 Å². The fourth-order valence-corrected chi connectivity index (χ4v) is 5.05. The minimum absolute atomic E-state index is 0.0479. The van der Waals surface area contributed by atoms with Gasteiger partial charge in [0.25, 0.3) is 0 Å². The third kappa shape index (κ3) is 4.41. The molecule has 0 bridgehead atoms. The molecule has 0 spiro atoms. The van der Waals surface area contributed by atoms with Crippen LogP contribution in [0.3, 0.4) is 0 Å². The SMILES string of the molecule is O=C(NC1CCN(C2CCCCC2O)CC1)N1CCc2cc(Cl)ccc2C1. The molecule has 0 aromatic heterocycles. The fraction of sp³-hybridized carbons (Fsp3) is 0.667. The summed E-state index contributed by atoms with van der Waals surface area (Å²) in [7, 11) is 0. The highest BCUT2D eigenvalue weighted by molar-refractivity contribution is 6.30. The largest absolute Gasteiger partial charge is 0.391 e. The number of likely N-dealkylation sites (tertiary alicyclic amines) is 1. The highest BCUT2D eigenvalue weighted by Gasteiger charge is 2.32. The molecular weight excluding hydrogens is 362 g/mol. The predicted octanol–water partition coefficient (Wildman–Crippen LogP) is 3.18. The van der Waals surface area contributed by atoms with Gasteiger partial charge in [0, 0.05) is 43.3 Å². The summed E-state index contributed by atoms with van der Waals surface area (Å²) in [5, 5.41) is 14.3. The molecule has 1 aliphatic carbocycles. The van der Waals surface area contributed by atoms with Gasteiger partial charge in [-0.1, -0.05) is 30.5 Å². The molecule has 2 aliphatic heterocycles. The Hall–Kier alpha value is -1.30. The molecule has 1 saturated carbocycles. The summed E-state index contributed by atoms with van der Waals surface area (Å²) in [5.74, 6) is 0. The van der Waals surface area contributed by atoms with Crippen LogP contribution in [0.25, 0.3) is 0 Å². The lowest BCUT2D eigenvalue weighted by Crippen LogP contribution is -2.54. The van der Waals surface area contributed by atoms with Crippen molar-refractivity contribution in [3.05, 3.63) is 34.3 Å². The van der Waals surface area contributed by atoms with Crippen LogP contribution >= 0.6 is 11.6 Å². The fourth-order valence-electron chi connectivity index (χ4n) is 4.85. The molecular formula is C21H30ClN3O2. The van der Waals surface area contributed by atoms with E-state index in [2.05, 4.69) is 10.2 Å².